The van der Waals surface area contributed by atoms with Crippen LogP contribution in [0, 0.1) is 5.82 Å². The van der Waals surface area contributed by atoms with Crippen molar-refractivity contribution < 1.29 is 14.0 Å². The number of rotatable bonds is 8. The molecule has 0 aliphatic carbocycles. The van der Waals surface area contributed by atoms with Gasteiger partial charge in [0.05, 0.1) is 18.3 Å². The molecule has 0 saturated carbocycles. The monoisotopic (exact) mass is 489 g/mol. The van der Waals surface area contributed by atoms with E-state index in [-0.39, 0.29) is 17.8 Å². The Hall–Kier alpha value is -4.34. The number of amides is 2. The predicted molar refractivity (Wildman–Crippen MR) is 134 cm³/mol. The largest absolute Gasteiger partial charge is 0.338 e. The van der Waals surface area contributed by atoms with Crippen LogP contribution in [0.25, 0.3) is 11.4 Å². The number of benzene rings is 2. The van der Waals surface area contributed by atoms with Gasteiger partial charge < -0.3 is 5.32 Å². The molecular formula is C26H28FN7O2. The fraction of sp³-hybridized carbons (Fsp3) is 0.269. The number of halogens is 1. The van der Waals surface area contributed by atoms with Crippen molar-refractivity contribution in [3.63, 3.8) is 0 Å². The number of anilines is 1. The van der Waals surface area contributed by atoms with Crippen molar-refractivity contribution in [2.45, 2.75) is 45.8 Å². The van der Waals surface area contributed by atoms with E-state index in [9.17, 15) is 14.0 Å². The predicted octanol–water partition coefficient (Wildman–Crippen LogP) is 4.06. The molecule has 2 aromatic carbocycles. The first-order valence-corrected chi connectivity index (χ1v) is 11.6. The molecule has 0 saturated heterocycles. The highest BCUT2D eigenvalue weighted by molar-refractivity contribution is 6.02. The normalized spacial score (nSPS) is 11.5. The van der Waals surface area contributed by atoms with Crippen LogP contribution in [-0.4, -0.2) is 41.9 Å². The molecule has 186 valence electrons. The third-order valence-corrected chi connectivity index (χ3v) is 5.56. The van der Waals surface area contributed by atoms with Crippen molar-refractivity contribution in [3.05, 3.63) is 83.9 Å². The molecule has 2 aromatic heterocycles. The third kappa shape index (κ3) is 5.65. The molecule has 0 aliphatic heterocycles. The molecule has 0 unspecified atom stereocenters. The van der Waals surface area contributed by atoms with Gasteiger partial charge >= 0.3 is 0 Å². The zero-order valence-electron chi connectivity index (χ0n) is 20.6. The molecule has 2 amide bonds. The number of hydrogen-bond acceptors (Lipinski definition) is 5. The maximum Gasteiger partial charge on any atom is 0.255 e. The molecule has 2 N–H and O–H groups in total. The quantitative estimate of drug-likeness (QED) is 0.388. The fourth-order valence-electron chi connectivity index (χ4n) is 3.48. The number of hydrogen-bond donors (Lipinski definition) is 2. The van der Waals surface area contributed by atoms with Crippen LogP contribution >= 0.6 is 0 Å². The summed E-state index contributed by atoms with van der Waals surface area (Å²) in [6.45, 7) is 7.49. The fourth-order valence-corrected chi connectivity index (χ4v) is 3.48. The van der Waals surface area contributed by atoms with E-state index in [1.165, 1.54) is 18.3 Å². The first-order chi connectivity index (χ1) is 17.1. The Kier molecular flexibility index (Phi) is 6.96. The minimum Gasteiger partial charge on any atom is -0.338 e. The highest BCUT2D eigenvalue weighted by Gasteiger charge is 2.31. The smallest absolute Gasteiger partial charge is 0.255 e. The average Bonchev–Trinajstić information content (AvgIpc) is 3.48. The molecule has 0 spiro atoms. The highest BCUT2D eigenvalue weighted by atomic mass is 19.1. The van der Waals surface area contributed by atoms with Gasteiger partial charge in [-0.05, 0) is 57.5 Å². The summed E-state index contributed by atoms with van der Waals surface area (Å²) < 4.78 is 16.8. The molecule has 4 aromatic rings. The van der Waals surface area contributed by atoms with Gasteiger partial charge in [0.15, 0.2) is 5.82 Å². The van der Waals surface area contributed by atoms with E-state index in [4.69, 9.17) is 0 Å². The maximum absolute atomic E-state index is 13.5. The molecule has 36 heavy (non-hydrogen) atoms. The Morgan fingerprint density at radius 3 is 2.39 bits per heavy atom. The number of nitrogens with one attached hydrogen (secondary N) is 2. The van der Waals surface area contributed by atoms with Gasteiger partial charge in [-0.3, -0.25) is 19.6 Å². The summed E-state index contributed by atoms with van der Waals surface area (Å²) in [5.41, 5.74) is 0.722. The van der Waals surface area contributed by atoms with Gasteiger partial charge in [0, 0.05) is 17.8 Å². The molecule has 0 fully saturated rings. The Balaban J connectivity index is 1.54. The Bertz CT molecular complexity index is 1360. The van der Waals surface area contributed by atoms with Crippen LogP contribution in [0.3, 0.4) is 0 Å². The average molecular weight is 490 g/mol. The topological polar surface area (TPSA) is 107 Å². The first-order valence-electron chi connectivity index (χ1n) is 11.6. The molecule has 0 atom stereocenters. The van der Waals surface area contributed by atoms with Crippen LogP contribution in [0.5, 0.6) is 0 Å². The standard InChI is InChI=1S/C26H28FN7O2/c1-17(2)33-16-20(14-28-33)23(35)31-26(3,4)24(36)30-25-29-22(19-10-12-21(27)13-11-19)34(32-25)15-18-8-6-5-7-9-18/h5-14,16-17H,15H2,1-4H3,(H,31,35)(H,30,32,36). The van der Waals surface area contributed by atoms with Crippen molar-refractivity contribution in [1.29, 1.82) is 0 Å². The minimum atomic E-state index is -1.27. The van der Waals surface area contributed by atoms with E-state index in [0.29, 0.717) is 23.5 Å². The van der Waals surface area contributed by atoms with E-state index >= 15 is 0 Å². The van der Waals surface area contributed by atoms with E-state index in [1.54, 1.807) is 41.5 Å². The van der Waals surface area contributed by atoms with E-state index < -0.39 is 17.4 Å². The summed E-state index contributed by atoms with van der Waals surface area (Å²) in [5, 5.41) is 14.1. The van der Waals surface area contributed by atoms with Gasteiger partial charge in [0.25, 0.3) is 11.8 Å². The maximum atomic E-state index is 13.5. The number of carbonyl (C=O) groups excluding carboxylic acids is 2. The second-order valence-electron chi connectivity index (χ2n) is 9.25. The van der Waals surface area contributed by atoms with Crippen LogP contribution in [0.15, 0.2) is 67.0 Å². The molecular weight excluding hydrogens is 461 g/mol. The molecule has 10 heteroatoms. The van der Waals surface area contributed by atoms with Gasteiger partial charge in [-0.25, -0.2) is 9.07 Å². The van der Waals surface area contributed by atoms with Gasteiger partial charge in [0.1, 0.15) is 11.4 Å². The van der Waals surface area contributed by atoms with Crippen molar-refractivity contribution in [3.8, 4) is 11.4 Å². The third-order valence-electron chi connectivity index (χ3n) is 5.56. The summed E-state index contributed by atoms with van der Waals surface area (Å²) in [5.74, 6) is -0.730. The number of carbonyl (C=O) groups is 2. The van der Waals surface area contributed by atoms with Crippen LogP contribution in [0.4, 0.5) is 10.3 Å². The number of nitrogens with zero attached hydrogens (tertiary/aromatic N) is 5. The summed E-state index contributed by atoms with van der Waals surface area (Å²) >= 11 is 0. The van der Waals surface area contributed by atoms with Crippen LogP contribution in [0.1, 0.15) is 49.7 Å². The molecule has 4 rings (SSSR count). The second-order valence-corrected chi connectivity index (χ2v) is 9.25. The van der Waals surface area contributed by atoms with E-state index in [2.05, 4.69) is 25.8 Å². The molecule has 9 nitrogen and oxygen atoms in total. The van der Waals surface area contributed by atoms with Gasteiger partial charge in [-0.1, -0.05) is 30.3 Å². The lowest BCUT2D eigenvalue weighted by Crippen LogP contribution is -2.52. The molecule has 0 bridgehead atoms. The summed E-state index contributed by atoms with van der Waals surface area (Å²) in [6, 6.07) is 15.7. The summed E-state index contributed by atoms with van der Waals surface area (Å²) in [4.78, 5) is 30.3. The molecule has 2 heterocycles. The first kappa shape index (κ1) is 24.8. The number of aromatic nitrogens is 5. The SMILES string of the molecule is CC(C)n1cc(C(=O)NC(C)(C)C(=O)Nc2nc(-c3ccc(F)cc3)n(Cc3ccccc3)n2)cn1. The van der Waals surface area contributed by atoms with Crippen molar-refractivity contribution in [2.75, 3.05) is 5.32 Å². The van der Waals surface area contributed by atoms with Crippen LogP contribution in [-0.2, 0) is 11.3 Å². The lowest BCUT2D eigenvalue weighted by atomic mass is 10.0. The van der Waals surface area contributed by atoms with Crippen molar-refractivity contribution in [1.82, 2.24) is 29.9 Å². The minimum absolute atomic E-state index is 0.0743. The zero-order valence-corrected chi connectivity index (χ0v) is 20.6. The van der Waals surface area contributed by atoms with Crippen molar-refractivity contribution >= 4 is 17.8 Å². The lowest BCUT2D eigenvalue weighted by Gasteiger charge is -2.24. The Morgan fingerprint density at radius 2 is 1.75 bits per heavy atom. The lowest BCUT2D eigenvalue weighted by molar-refractivity contribution is -0.121. The Morgan fingerprint density at radius 1 is 1.06 bits per heavy atom. The molecule has 0 radical (unpaired) electrons. The van der Waals surface area contributed by atoms with Crippen LogP contribution in [0.2, 0.25) is 0 Å². The zero-order chi connectivity index (χ0) is 25.9. The van der Waals surface area contributed by atoms with Gasteiger partial charge in [0.2, 0.25) is 5.95 Å². The van der Waals surface area contributed by atoms with Gasteiger partial charge in [-0.2, -0.15) is 10.1 Å². The van der Waals surface area contributed by atoms with E-state index in [1.807, 2.05) is 44.2 Å². The van der Waals surface area contributed by atoms with Crippen LogP contribution < -0.4 is 10.6 Å². The highest BCUT2D eigenvalue weighted by Crippen LogP contribution is 2.21. The summed E-state index contributed by atoms with van der Waals surface area (Å²) in [6.07, 6.45) is 3.10. The van der Waals surface area contributed by atoms with Gasteiger partial charge in [-0.15, -0.1) is 5.10 Å². The Labute approximate surface area is 208 Å². The second kappa shape index (κ2) is 10.1. The molecule has 0 aliphatic rings. The van der Waals surface area contributed by atoms with E-state index in [0.717, 1.165) is 5.56 Å². The summed E-state index contributed by atoms with van der Waals surface area (Å²) in [7, 11) is 0. The van der Waals surface area contributed by atoms with Crippen molar-refractivity contribution in [2.24, 2.45) is 0 Å².